The summed E-state index contributed by atoms with van der Waals surface area (Å²) in [5.41, 5.74) is 1.99. The first-order valence-corrected chi connectivity index (χ1v) is 5.39. The van der Waals surface area contributed by atoms with Crippen molar-refractivity contribution in [2.45, 2.75) is 13.1 Å². The minimum Gasteiger partial charge on any atom is -0.307 e. The molecular weight excluding hydrogens is 213 g/mol. The van der Waals surface area contributed by atoms with Crippen molar-refractivity contribution in [1.82, 2.24) is 14.9 Å². The van der Waals surface area contributed by atoms with E-state index in [1.807, 2.05) is 5.38 Å². The molecule has 1 aromatic carbocycles. The normalized spacial score (nSPS) is 10.5. The Morgan fingerprint density at radius 2 is 2.00 bits per heavy atom. The SMILES string of the molecule is Fc1ccc(CNCc2csnn2)cc1. The Morgan fingerprint density at radius 3 is 2.67 bits per heavy atom. The second-order valence-corrected chi connectivity index (χ2v) is 3.74. The first kappa shape index (κ1) is 10.2. The topological polar surface area (TPSA) is 37.8 Å². The van der Waals surface area contributed by atoms with Gasteiger partial charge in [-0.1, -0.05) is 16.6 Å². The minimum atomic E-state index is -0.206. The van der Waals surface area contributed by atoms with Crippen LogP contribution in [0.3, 0.4) is 0 Å². The van der Waals surface area contributed by atoms with Crippen LogP contribution in [0.4, 0.5) is 4.39 Å². The van der Waals surface area contributed by atoms with Crippen molar-refractivity contribution < 1.29 is 4.39 Å². The zero-order valence-corrected chi connectivity index (χ0v) is 8.80. The number of nitrogens with one attached hydrogen (secondary N) is 1. The van der Waals surface area contributed by atoms with Gasteiger partial charge < -0.3 is 5.32 Å². The van der Waals surface area contributed by atoms with Crippen molar-refractivity contribution in [3.05, 3.63) is 46.7 Å². The summed E-state index contributed by atoms with van der Waals surface area (Å²) in [7, 11) is 0. The quantitative estimate of drug-likeness (QED) is 0.861. The van der Waals surface area contributed by atoms with E-state index in [2.05, 4.69) is 14.9 Å². The van der Waals surface area contributed by atoms with Crippen molar-refractivity contribution in [2.24, 2.45) is 0 Å². The molecule has 0 spiro atoms. The van der Waals surface area contributed by atoms with E-state index in [9.17, 15) is 4.39 Å². The fourth-order valence-electron chi connectivity index (χ4n) is 1.20. The van der Waals surface area contributed by atoms with E-state index in [4.69, 9.17) is 0 Å². The molecule has 0 bridgehead atoms. The van der Waals surface area contributed by atoms with Gasteiger partial charge in [0.1, 0.15) is 5.82 Å². The zero-order chi connectivity index (χ0) is 10.5. The molecule has 15 heavy (non-hydrogen) atoms. The number of benzene rings is 1. The maximum atomic E-state index is 12.6. The van der Waals surface area contributed by atoms with Gasteiger partial charge in [-0.05, 0) is 29.2 Å². The molecule has 1 N–H and O–H groups in total. The molecule has 0 saturated heterocycles. The lowest BCUT2D eigenvalue weighted by atomic mass is 10.2. The van der Waals surface area contributed by atoms with E-state index >= 15 is 0 Å². The lowest BCUT2D eigenvalue weighted by Gasteiger charge is -2.02. The summed E-state index contributed by atoms with van der Waals surface area (Å²) < 4.78 is 16.4. The van der Waals surface area contributed by atoms with Crippen LogP contribution >= 0.6 is 11.5 Å². The highest BCUT2D eigenvalue weighted by Gasteiger charge is 1.96. The summed E-state index contributed by atoms with van der Waals surface area (Å²) in [4.78, 5) is 0. The molecule has 0 fully saturated rings. The molecule has 0 aliphatic carbocycles. The molecule has 0 radical (unpaired) electrons. The molecule has 0 unspecified atom stereocenters. The summed E-state index contributed by atoms with van der Waals surface area (Å²) >= 11 is 1.34. The van der Waals surface area contributed by atoms with E-state index in [1.165, 1.54) is 23.7 Å². The van der Waals surface area contributed by atoms with Gasteiger partial charge in [0.05, 0.1) is 5.69 Å². The Morgan fingerprint density at radius 1 is 1.20 bits per heavy atom. The standard InChI is InChI=1S/C10H10FN3S/c11-9-3-1-8(2-4-9)5-12-6-10-7-15-14-13-10/h1-4,7,12H,5-6H2. The van der Waals surface area contributed by atoms with Crippen molar-refractivity contribution in [2.75, 3.05) is 0 Å². The molecule has 2 rings (SSSR count). The van der Waals surface area contributed by atoms with Gasteiger partial charge in [-0.2, -0.15) is 0 Å². The number of nitrogens with zero attached hydrogens (tertiary/aromatic N) is 2. The number of hydrogen-bond donors (Lipinski definition) is 1. The van der Waals surface area contributed by atoms with Gasteiger partial charge in [0, 0.05) is 18.5 Å². The van der Waals surface area contributed by atoms with Crippen LogP contribution in [-0.2, 0) is 13.1 Å². The fraction of sp³-hybridized carbons (Fsp3) is 0.200. The largest absolute Gasteiger partial charge is 0.307 e. The molecule has 5 heteroatoms. The van der Waals surface area contributed by atoms with Gasteiger partial charge in [-0.3, -0.25) is 0 Å². The maximum absolute atomic E-state index is 12.6. The third-order valence-electron chi connectivity index (χ3n) is 1.95. The summed E-state index contributed by atoms with van der Waals surface area (Å²) in [6.07, 6.45) is 0. The van der Waals surface area contributed by atoms with Gasteiger partial charge in [0.2, 0.25) is 0 Å². The van der Waals surface area contributed by atoms with Gasteiger partial charge in [0.15, 0.2) is 0 Å². The molecule has 0 aliphatic heterocycles. The van der Waals surface area contributed by atoms with Crippen molar-refractivity contribution >= 4 is 11.5 Å². The lowest BCUT2D eigenvalue weighted by Crippen LogP contribution is -2.12. The van der Waals surface area contributed by atoms with Gasteiger partial charge >= 0.3 is 0 Å². The number of rotatable bonds is 4. The highest BCUT2D eigenvalue weighted by atomic mass is 32.1. The van der Waals surface area contributed by atoms with Crippen LogP contribution in [0.1, 0.15) is 11.3 Å². The van der Waals surface area contributed by atoms with E-state index in [-0.39, 0.29) is 5.82 Å². The average molecular weight is 223 g/mol. The predicted octanol–water partition coefficient (Wildman–Crippen LogP) is 1.97. The molecule has 2 aromatic rings. The van der Waals surface area contributed by atoms with Crippen LogP contribution in [0.25, 0.3) is 0 Å². The molecule has 3 nitrogen and oxygen atoms in total. The fourth-order valence-corrected chi connectivity index (χ4v) is 1.65. The van der Waals surface area contributed by atoms with Crippen LogP contribution in [0.2, 0.25) is 0 Å². The van der Waals surface area contributed by atoms with Crippen LogP contribution in [0.5, 0.6) is 0 Å². The van der Waals surface area contributed by atoms with E-state index in [0.717, 1.165) is 11.3 Å². The zero-order valence-electron chi connectivity index (χ0n) is 7.98. The molecule has 1 aromatic heterocycles. The molecule has 0 amide bonds. The van der Waals surface area contributed by atoms with Gasteiger partial charge in [-0.15, -0.1) is 5.10 Å². The van der Waals surface area contributed by atoms with Crippen LogP contribution in [0, 0.1) is 5.82 Å². The van der Waals surface area contributed by atoms with E-state index < -0.39 is 0 Å². The summed E-state index contributed by atoms with van der Waals surface area (Å²) in [5, 5.41) is 9.01. The number of hydrogen-bond acceptors (Lipinski definition) is 4. The number of halogens is 1. The minimum absolute atomic E-state index is 0.206. The van der Waals surface area contributed by atoms with E-state index in [1.54, 1.807) is 12.1 Å². The second kappa shape index (κ2) is 4.95. The smallest absolute Gasteiger partial charge is 0.123 e. The van der Waals surface area contributed by atoms with Crippen LogP contribution in [-0.4, -0.2) is 9.59 Å². The summed E-state index contributed by atoms with van der Waals surface area (Å²) in [5.74, 6) is -0.206. The third kappa shape index (κ3) is 3.07. The Kier molecular flexibility index (Phi) is 3.37. The third-order valence-corrected chi connectivity index (χ3v) is 2.51. The summed E-state index contributed by atoms with van der Waals surface area (Å²) in [6.45, 7) is 1.39. The molecule has 78 valence electrons. The van der Waals surface area contributed by atoms with Crippen molar-refractivity contribution in [3.8, 4) is 0 Å². The number of aromatic nitrogens is 2. The highest BCUT2D eigenvalue weighted by molar-refractivity contribution is 7.03. The predicted molar refractivity (Wildman–Crippen MR) is 56.9 cm³/mol. The van der Waals surface area contributed by atoms with Crippen molar-refractivity contribution in [3.63, 3.8) is 0 Å². The monoisotopic (exact) mass is 223 g/mol. The van der Waals surface area contributed by atoms with Crippen LogP contribution in [0.15, 0.2) is 29.6 Å². The second-order valence-electron chi connectivity index (χ2n) is 3.13. The molecular formula is C10H10FN3S. The first-order valence-electron chi connectivity index (χ1n) is 4.56. The Hall–Kier alpha value is -1.33. The van der Waals surface area contributed by atoms with Crippen molar-refractivity contribution in [1.29, 1.82) is 0 Å². The molecule has 0 atom stereocenters. The first-order chi connectivity index (χ1) is 7.34. The van der Waals surface area contributed by atoms with Gasteiger partial charge in [-0.25, -0.2) is 4.39 Å². The Balaban J connectivity index is 1.81. The lowest BCUT2D eigenvalue weighted by molar-refractivity contribution is 0.624. The Bertz CT molecular complexity index is 399. The van der Waals surface area contributed by atoms with E-state index in [0.29, 0.717) is 13.1 Å². The highest BCUT2D eigenvalue weighted by Crippen LogP contribution is 2.03. The molecule has 0 aliphatic rings. The van der Waals surface area contributed by atoms with Crippen LogP contribution < -0.4 is 5.32 Å². The van der Waals surface area contributed by atoms with Gasteiger partial charge in [0.25, 0.3) is 0 Å². The average Bonchev–Trinajstić information content (AvgIpc) is 2.74. The molecule has 0 saturated carbocycles. The summed E-state index contributed by atoms with van der Waals surface area (Å²) in [6, 6.07) is 6.45. The maximum Gasteiger partial charge on any atom is 0.123 e. The molecule has 1 heterocycles. The Labute approximate surface area is 91.1 Å².